The van der Waals surface area contributed by atoms with E-state index in [-0.39, 0.29) is 0 Å². The Morgan fingerprint density at radius 2 is 1.75 bits per heavy atom. The molecule has 0 saturated carbocycles. The summed E-state index contributed by atoms with van der Waals surface area (Å²) in [4.78, 5) is 5.02. The first kappa shape index (κ1) is 21.3. The molecular weight excluding hydrogens is 390 g/mol. The van der Waals surface area contributed by atoms with Gasteiger partial charge in [-0.15, -0.1) is 11.3 Å². The number of hydrogen-bond acceptors (Lipinski definition) is 5. The SMILES string of the molecule is CCCCCCNc1nc(-c2ccc(S(=O)(=O)N3CCCCCC3)cc2)cs1. The summed E-state index contributed by atoms with van der Waals surface area (Å²) >= 11 is 1.59. The Hall–Kier alpha value is -1.44. The summed E-state index contributed by atoms with van der Waals surface area (Å²) < 4.78 is 27.4. The Morgan fingerprint density at radius 1 is 1.04 bits per heavy atom. The first-order valence-electron chi connectivity index (χ1n) is 10.4. The van der Waals surface area contributed by atoms with E-state index >= 15 is 0 Å². The highest BCUT2D eigenvalue weighted by Gasteiger charge is 2.25. The fraction of sp³-hybridized carbons (Fsp3) is 0.571. The van der Waals surface area contributed by atoms with E-state index in [4.69, 9.17) is 0 Å². The second-order valence-corrected chi connectivity index (χ2v) is 10.2. The van der Waals surface area contributed by atoms with Crippen molar-refractivity contribution in [1.29, 1.82) is 0 Å². The molecule has 1 aromatic carbocycles. The van der Waals surface area contributed by atoms with Crippen LogP contribution in [0.4, 0.5) is 5.13 Å². The smallest absolute Gasteiger partial charge is 0.243 e. The molecule has 7 heteroatoms. The summed E-state index contributed by atoms with van der Waals surface area (Å²) in [5, 5.41) is 6.33. The first-order chi connectivity index (χ1) is 13.6. The third-order valence-corrected chi connectivity index (χ3v) is 7.88. The van der Waals surface area contributed by atoms with E-state index in [1.54, 1.807) is 27.8 Å². The van der Waals surface area contributed by atoms with Crippen LogP contribution in [0.5, 0.6) is 0 Å². The molecule has 0 spiro atoms. The number of aromatic nitrogens is 1. The lowest BCUT2D eigenvalue weighted by atomic mass is 10.2. The summed E-state index contributed by atoms with van der Waals surface area (Å²) in [6.45, 7) is 4.41. The van der Waals surface area contributed by atoms with E-state index in [2.05, 4.69) is 17.2 Å². The van der Waals surface area contributed by atoms with E-state index in [1.165, 1.54) is 19.3 Å². The molecule has 1 aliphatic rings. The monoisotopic (exact) mass is 421 g/mol. The standard InChI is InChI=1S/C21H31N3O2S2/c1-2-3-4-7-14-22-21-23-20(17-27-21)18-10-12-19(13-11-18)28(25,26)24-15-8-5-6-9-16-24/h10-13,17H,2-9,14-16H2,1H3,(H,22,23). The van der Waals surface area contributed by atoms with Gasteiger partial charge < -0.3 is 5.32 Å². The van der Waals surface area contributed by atoms with Crippen molar-refractivity contribution in [3.05, 3.63) is 29.6 Å². The summed E-state index contributed by atoms with van der Waals surface area (Å²) in [5.74, 6) is 0. The van der Waals surface area contributed by atoms with Gasteiger partial charge in [0.05, 0.1) is 10.6 Å². The van der Waals surface area contributed by atoms with Gasteiger partial charge >= 0.3 is 0 Å². The van der Waals surface area contributed by atoms with Crippen molar-refractivity contribution >= 4 is 26.5 Å². The van der Waals surface area contributed by atoms with Gasteiger partial charge in [-0.25, -0.2) is 13.4 Å². The van der Waals surface area contributed by atoms with Crippen molar-refractivity contribution in [1.82, 2.24) is 9.29 Å². The van der Waals surface area contributed by atoms with Crippen LogP contribution in [-0.2, 0) is 10.0 Å². The molecule has 0 radical (unpaired) electrons. The Labute approximate surface area is 173 Å². The van der Waals surface area contributed by atoms with Crippen molar-refractivity contribution in [2.45, 2.75) is 63.2 Å². The minimum absolute atomic E-state index is 0.377. The van der Waals surface area contributed by atoms with Crippen LogP contribution in [0.1, 0.15) is 58.3 Å². The van der Waals surface area contributed by atoms with E-state index in [9.17, 15) is 8.42 Å². The Balaban J connectivity index is 1.62. The van der Waals surface area contributed by atoms with Gasteiger partial charge in [-0.05, 0) is 31.4 Å². The van der Waals surface area contributed by atoms with Crippen LogP contribution >= 0.6 is 11.3 Å². The molecule has 1 fully saturated rings. The minimum atomic E-state index is -3.40. The molecule has 1 aromatic heterocycles. The normalized spacial score (nSPS) is 16.0. The van der Waals surface area contributed by atoms with Gasteiger partial charge in [0.25, 0.3) is 0 Å². The van der Waals surface area contributed by atoms with Gasteiger partial charge in [0, 0.05) is 30.6 Å². The van der Waals surface area contributed by atoms with E-state index in [0.29, 0.717) is 18.0 Å². The summed E-state index contributed by atoms with van der Waals surface area (Å²) in [6, 6.07) is 7.16. The third-order valence-electron chi connectivity index (χ3n) is 5.16. The Morgan fingerprint density at radius 3 is 2.43 bits per heavy atom. The third kappa shape index (κ3) is 5.55. The molecule has 0 bridgehead atoms. The molecule has 2 heterocycles. The lowest BCUT2D eigenvalue weighted by Crippen LogP contribution is -2.31. The molecule has 0 unspecified atom stereocenters. The predicted octanol–water partition coefficient (Wildman–Crippen LogP) is 5.37. The number of sulfonamides is 1. The van der Waals surface area contributed by atoms with Gasteiger partial charge in [-0.3, -0.25) is 0 Å². The minimum Gasteiger partial charge on any atom is -0.362 e. The highest BCUT2D eigenvalue weighted by Crippen LogP contribution is 2.27. The highest BCUT2D eigenvalue weighted by molar-refractivity contribution is 7.89. The van der Waals surface area contributed by atoms with E-state index < -0.39 is 10.0 Å². The average molecular weight is 422 g/mol. The number of rotatable bonds is 9. The number of thiazole rings is 1. The number of unbranched alkanes of at least 4 members (excludes halogenated alkanes) is 3. The summed E-state index contributed by atoms with van der Waals surface area (Å²) in [5.41, 5.74) is 1.84. The molecule has 5 nitrogen and oxygen atoms in total. The quantitative estimate of drug-likeness (QED) is 0.553. The molecule has 3 rings (SSSR count). The summed E-state index contributed by atoms with van der Waals surface area (Å²) in [7, 11) is -3.40. The fourth-order valence-corrected chi connectivity index (χ4v) is 5.73. The van der Waals surface area contributed by atoms with Crippen molar-refractivity contribution in [3.63, 3.8) is 0 Å². The Bertz CT molecular complexity index is 824. The van der Waals surface area contributed by atoms with Crippen molar-refractivity contribution < 1.29 is 8.42 Å². The molecule has 28 heavy (non-hydrogen) atoms. The van der Waals surface area contributed by atoms with Gasteiger partial charge in [0.2, 0.25) is 10.0 Å². The topological polar surface area (TPSA) is 62.3 Å². The lowest BCUT2D eigenvalue weighted by Gasteiger charge is -2.19. The van der Waals surface area contributed by atoms with Crippen LogP contribution < -0.4 is 5.32 Å². The maximum Gasteiger partial charge on any atom is 0.243 e. The van der Waals surface area contributed by atoms with Gasteiger partial charge in [0.1, 0.15) is 0 Å². The van der Waals surface area contributed by atoms with Crippen LogP contribution in [0.15, 0.2) is 34.5 Å². The molecule has 0 amide bonds. The number of nitrogens with zero attached hydrogens (tertiary/aromatic N) is 2. The number of anilines is 1. The zero-order valence-corrected chi connectivity index (χ0v) is 18.3. The van der Waals surface area contributed by atoms with Crippen LogP contribution in [0, 0.1) is 0 Å². The maximum absolute atomic E-state index is 12.9. The highest BCUT2D eigenvalue weighted by atomic mass is 32.2. The van der Waals surface area contributed by atoms with E-state index in [1.807, 2.05) is 17.5 Å². The van der Waals surface area contributed by atoms with Gasteiger partial charge in [-0.2, -0.15) is 4.31 Å². The molecule has 1 saturated heterocycles. The van der Waals surface area contributed by atoms with E-state index in [0.717, 1.165) is 55.0 Å². The van der Waals surface area contributed by atoms with Crippen LogP contribution in [-0.4, -0.2) is 37.3 Å². The van der Waals surface area contributed by atoms with Crippen LogP contribution in [0.3, 0.4) is 0 Å². The fourth-order valence-electron chi connectivity index (χ4n) is 3.46. The number of benzene rings is 1. The molecule has 154 valence electrons. The van der Waals surface area contributed by atoms with Gasteiger partial charge in [0.15, 0.2) is 5.13 Å². The zero-order valence-electron chi connectivity index (χ0n) is 16.7. The van der Waals surface area contributed by atoms with Crippen LogP contribution in [0.25, 0.3) is 11.3 Å². The number of nitrogens with one attached hydrogen (secondary N) is 1. The molecule has 0 atom stereocenters. The van der Waals surface area contributed by atoms with Crippen molar-refractivity contribution in [3.8, 4) is 11.3 Å². The predicted molar refractivity (Wildman–Crippen MR) is 117 cm³/mol. The van der Waals surface area contributed by atoms with Crippen molar-refractivity contribution in [2.75, 3.05) is 25.0 Å². The first-order valence-corrected chi connectivity index (χ1v) is 12.7. The average Bonchev–Trinajstić information content (AvgIpc) is 3.00. The molecular formula is C21H31N3O2S2. The lowest BCUT2D eigenvalue weighted by molar-refractivity contribution is 0.424. The number of hydrogen-bond donors (Lipinski definition) is 1. The largest absolute Gasteiger partial charge is 0.362 e. The Kier molecular flexibility index (Phi) is 7.88. The molecule has 2 aromatic rings. The summed E-state index contributed by atoms with van der Waals surface area (Å²) in [6.07, 6.45) is 9.05. The molecule has 1 aliphatic heterocycles. The van der Waals surface area contributed by atoms with Gasteiger partial charge in [-0.1, -0.05) is 51.2 Å². The molecule has 0 aliphatic carbocycles. The maximum atomic E-state index is 12.9. The zero-order chi connectivity index (χ0) is 19.8. The van der Waals surface area contributed by atoms with Crippen LogP contribution in [0.2, 0.25) is 0 Å². The second-order valence-electron chi connectivity index (χ2n) is 7.37. The second kappa shape index (κ2) is 10.4. The molecule has 1 N–H and O–H groups in total. The van der Waals surface area contributed by atoms with Crippen molar-refractivity contribution in [2.24, 2.45) is 0 Å².